The third-order valence-corrected chi connectivity index (χ3v) is 5.59. The van der Waals surface area contributed by atoms with E-state index in [1.165, 1.54) is 11.8 Å². The zero-order valence-electron chi connectivity index (χ0n) is 15.3. The number of H-pyrrole nitrogens is 1. The fourth-order valence-electron chi connectivity index (χ4n) is 3.29. The minimum atomic E-state index is -0.358. The molecular formula is C21H19N3O3S. The summed E-state index contributed by atoms with van der Waals surface area (Å²) in [5.74, 6) is 1.18. The number of hydrogen-bond acceptors (Lipinski definition) is 5. The number of aromatic nitrogens is 2. The lowest BCUT2D eigenvalue weighted by Crippen LogP contribution is -2.31. The Kier molecular flexibility index (Phi) is 5.16. The zero-order valence-corrected chi connectivity index (χ0v) is 16.1. The highest BCUT2D eigenvalue weighted by Crippen LogP contribution is 2.35. The van der Waals surface area contributed by atoms with Crippen LogP contribution in [0.2, 0.25) is 0 Å². The van der Waals surface area contributed by atoms with Crippen LogP contribution in [0.25, 0.3) is 0 Å². The van der Waals surface area contributed by atoms with Gasteiger partial charge in [-0.1, -0.05) is 54.2 Å². The van der Waals surface area contributed by atoms with Crippen LogP contribution in [-0.4, -0.2) is 23.0 Å². The van der Waals surface area contributed by atoms with Gasteiger partial charge in [0.2, 0.25) is 5.91 Å². The summed E-state index contributed by atoms with van der Waals surface area (Å²) in [4.78, 5) is 32.5. The van der Waals surface area contributed by atoms with Gasteiger partial charge in [0.05, 0.1) is 12.7 Å². The van der Waals surface area contributed by atoms with E-state index in [0.717, 1.165) is 11.1 Å². The van der Waals surface area contributed by atoms with Crippen molar-refractivity contribution < 1.29 is 9.53 Å². The minimum Gasteiger partial charge on any atom is -0.497 e. The molecule has 0 fully saturated rings. The Morgan fingerprint density at radius 3 is 2.75 bits per heavy atom. The van der Waals surface area contributed by atoms with Crippen LogP contribution in [0.3, 0.4) is 0 Å². The topological polar surface area (TPSA) is 84.1 Å². The Morgan fingerprint density at radius 2 is 1.96 bits per heavy atom. The number of nitrogens with zero attached hydrogens (tertiary/aromatic N) is 1. The molecule has 1 atom stereocenters. The largest absolute Gasteiger partial charge is 0.497 e. The van der Waals surface area contributed by atoms with Gasteiger partial charge in [0.25, 0.3) is 5.56 Å². The number of carbonyl (C=O) groups is 1. The summed E-state index contributed by atoms with van der Waals surface area (Å²) >= 11 is 1.43. The molecule has 142 valence electrons. The predicted octanol–water partition coefficient (Wildman–Crippen LogP) is 3.54. The van der Waals surface area contributed by atoms with E-state index in [-0.39, 0.29) is 23.8 Å². The molecule has 0 aliphatic carbocycles. The lowest BCUT2D eigenvalue weighted by Gasteiger charge is -2.24. The Balaban J connectivity index is 1.67. The first-order valence-electron chi connectivity index (χ1n) is 8.89. The van der Waals surface area contributed by atoms with E-state index in [1.54, 1.807) is 7.11 Å². The number of nitrogens with one attached hydrogen (secondary N) is 2. The fraction of sp³-hybridized carbons (Fsp3) is 0.190. The third kappa shape index (κ3) is 3.80. The van der Waals surface area contributed by atoms with Gasteiger partial charge < -0.3 is 15.0 Å². The van der Waals surface area contributed by atoms with Gasteiger partial charge >= 0.3 is 0 Å². The predicted molar refractivity (Wildman–Crippen MR) is 109 cm³/mol. The molecule has 1 aliphatic rings. The van der Waals surface area contributed by atoms with Gasteiger partial charge in [-0.2, -0.15) is 0 Å². The van der Waals surface area contributed by atoms with Crippen molar-refractivity contribution in [2.75, 3.05) is 12.4 Å². The first-order chi connectivity index (χ1) is 13.6. The van der Waals surface area contributed by atoms with Gasteiger partial charge in [0.1, 0.15) is 11.6 Å². The fourth-order valence-corrected chi connectivity index (χ4v) is 4.10. The monoisotopic (exact) mass is 393 g/mol. The molecule has 1 aromatic heterocycles. The second-order valence-corrected chi connectivity index (χ2v) is 7.45. The molecule has 3 aromatic rings. The molecule has 0 saturated carbocycles. The smallest absolute Gasteiger partial charge is 0.257 e. The number of ether oxygens (including phenoxy) is 1. The number of carbonyl (C=O) groups excluding carboxylic acids is 1. The van der Waals surface area contributed by atoms with Gasteiger partial charge in [-0.15, -0.1) is 0 Å². The number of fused-ring (bicyclic) bond motifs is 1. The van der Waals surface area contributed by atoms with E-state index in [2.05, 4.69) is 15.3 Å². The molecular weight excluding hydrogens is 374 g/mol. The number of rotatable bonds is 5. The van der Waals surface area contributed by atoms with Crippen LogP contribution in [-0.2, 0) is 10.5 Å². The van der Waals surface area contributed by atoms with Crippen LogP contribution >= 0.6 is 11.8 Å². The van der Waals surface area contributed by atoms with Crippen LogP contribution in [0.5, 0.6) is 5.75 Å². The first-order valence-corrected chi connectivity index (χ1v) is 9.87. The number of thioether (sulfide) groups is 1. The summed E-state index contributed by atoms with van der Waals surface area (Å²) in [6.07, 6.45) is 0.196. The lowest BCUT2D eigenvalue weighted by molar-refractivity contribution is -0.116. The van der Waals surface area contributed by atoms with Crippen molar-refractivity contribution in [2.45, 2.75) is 23.2 Å². The van der Waals surface area contributed by atoms with Crippen molar-refractivity contribution in [3.8, 4) is 5.75 Å². The maximum absolute atomic E-state index is 12.8. The van der Waals surface area contributed by atoms with Crippen LogP contribution in [0.4, 0.5) is 5.82 Å². The Morgan fingerprint density at radius 1 is 1.14 bits per heavy atom. The van der Waals surface area contributed by atoms with Gasteiger partial charge in [0.15, 0.2) is 5.16 Å². The molecule has 7 heteroatoms. The molecule has 2 heterocycles. The van der Waals surface area contributed by atoms with E-state index in [4.69, 9.17) is 4.74 Å². The molecule has 2 N–H and O–H groups in total. The van der Waals surface area contributed by atoms with Crippen molar-refractivity contribution in [1.82, 2.24) is 9.97 Å². The molecule has 0 saturated heterocycles. The van der Waals surface area contributed by atoms with Crippen molar-refractivity contribution in [3.63, 3.8) is 0 Å². The normalized spacial score (nSPS) is 15.6. The van der Waals surface area contributed by atoms with E-state index in [0.29, 0.717) is 28.0 Å². The molecule has 1 unspecified atom stereocenters. The maximum Gasteiger partial charge on any atom is 0.257 e. The Bertz CT molecular complexity index is 1070. The highest BCUT2D eigenvalue weighted by atomic mass is 32.2. The molecule has 0 radical (unpaired) electrons. The number of anilines is 1. The van der Waals surface area contributed by atoms with Gasteiger partial charge in [-0.05, 0) is 23.3 Å². The van der Waals surface area contributed by atoms with Crippen LogP contribution in [0.15, 0.2) is 64.5 Å². The summed E-state index contributed by atoms with van der Waals surface area (Å²) in [5, 5.41) is 3.24. The SMILES string of the molecule is COc1cccc(C2CC(=O)Nc3nc(SCc4ccccc4)[nH]c(=O)c32)c1. The van der Waals surface area contributed by atoms with E-state index < -0.39 is 0 Å². The van der Waals surface area contributed by atoms with Crippen molar-refractivity contribution in [2.24, 2.45) is 0 Å². The average molecular weight is 393 g/mol. The van der Waals surface area contributed by atoms with E-state index in [9.17, 15) is 9.59 Å². The summed E-state index contributed by atoms with van der Waals surface area (Å²) in [5.41, 5.74) is 2.24. The molecule has 1 amide bonds. The standard InChI is InChI=1S/C21H19N3O3S/c1-27-15-9-5-8-14(10-15)16-11-17(25)22-19-18(16)20(26)24-21(23-19)28-12-13-6-3-2-4-7-13/h2-10,16H,11-12H2,1H3,(H2,22,23,24,25,26). The molecule has 4 rings (SSSR count). The van der Waals surface area contributed by atoms with Crippen LogP contribution < -0.4 is 15.6 Å². The molecule has 6 nitrogen and oxygen atoms in total. The quantitative estimate of drug-likeness (QED) is 0.512. The number of methoxy groups -OCH3 is 1. The lowest BCUT2D eigenvalue weighted by atomic mass is 9.87. The van der Waals surface area contributed by atoms with Crippen LogP contribution in [0, 0.1) is 0 Å². The Labute approximate surface area is 166 Å². The average Bonchev–Trinajstić information content (AvgIpc) is 2.72. The summed E-state index contributed by atoms with van der Waals surface area (Å²) in [6, 6.07) is 17.4. The summed E-state index contributed by atoms with van der Waals surface area (Å²) in [7, 11) is 1.59. The number of hydrogen-bond donors (Lipinski definition) is 2. The van der Waals surface area contributed by atoms with Crippen molar-refractivity contribution >= 4 is 23.5 Å². The van der Waals surface area contributed by atoms with Gasteiger partial charge in [-0.3, -0.25) is 9.59 Å². The minimum absolute atomic E-state index is 0.155. The molecule has 2 aromatic carbocycles. The second kappa shape index (κ2) is 7.90. The van der Waals surface area contributed by atoms with E-state index in [1.807, 2.05) is 54.6 Å². The zero-order chi connectivity index (χ0) is 19.5. The number of benzene rings is 2. The molecule has 0 bridgehead atoms. The molecule has 28 heavy (non-hydrogen) atoms. The third-order valence-electron chi connectivity index (χ3n) is 4.64. The van der Waals surface area contributed by atoms with Crippen molar-refractivity contribution in [1.29, 1.82) is 0 Å². The van der Waals surface area contributed by atoms with Gasteiger partial charge in [-0.25, -0.2) is 4.98 Å². The number of amides is 1. The summed E-state index contributed by atoms with van der Waals surface area (Å²) in [6.45, 7) is 0. The summed E-state index contributed by atoms with van der Waals surface area (Å²) < 4.78 is 5.28. The highest BCUT2D eigenvalue weighted by Gasteiger charge is 2.31. The first kappa shape index (κ1) is 18.3. The number of aromatic amines is 1. The van der Waals surface area contributed by atoms with Crippen molar-refractivity contribution in [3.05, 3.63) is 81.6 Å². The maximum atomic E-state index is 12.8. The Hall–Kier alpha value is -3.06. The van der Waals surface area contributed by atoms with Gasteiger partial charge in [0, 0.05) is 18.1 Å². The molecule has 1 aliphatic heterocycles. The van der Waals surface area contributed by atoms with Crippen LogP contribution in [0.1, 0.15) is 29.0 Å². The van der Waals surface area contributed by atoms with E-state index >= 15 is 0 Å². The second-order valence-electron chi connectivity index (χ2n) is 6.49. The molecule has 0 spiro atoms. The highest BCUT2D eigenvalue weighted by molar-refractivity contribution is 7.98.